The number of methoxy groups -OCH3 is 1. The van der Waals surface area contributed by atoms with Crippen molar-refractivity contribution in [2.45, 2.75) is 31.4 Å². The zero-order valence-corrected chi connectivity index (χ0v) is 21.1. The Morgan fingerprint density at radius 2 is 1.84 bits per heavy atom. The number of amides is 2. The Hall–Kier alpha value is -4.28. The highest BCUT2D eigenvalue weighted by Crippen LogP contribution is 2.39. The number of rotatable bonds is 5. The minimum atomic E-state index is -0.643. The van der Waals surface area contributed by atoms with Crippen LogP contribution in [-0.2, 0) is 16.1 Å². The number of piperidine rings is 1. The molecule has 2 fully saturated rings. The third-order valence-electron chi connectivity index (χ3n) is 7.43. The largest absolute Gasteiger partial charge is 0.495 e. The van der Waals surface area contributed by atoms with E-state index >= 15 is 0 Å². The van der Waals surface area contributed by atoms with Crippen LogP contribution in [0.25, 0.3) is 11.0 Å². The summed E-state index contributed by atoms with van der Waals surface area (Å²) in [4.78, 5) is 46.1. The quantitative estimate of drug-likeness (QED) is 0.505. The molecule has 2 saturated heterocycles. The summed E-state index contributed by atoms with van der Waals surface area (Å²) in [6.07, 6.45) is 2.45. The Kier molecular flexibility index (Phi) is 6.05. The molecule has 1 spiro atoms. The van der Waals surface area contributed by atoms with Crippen LogP contribution in [0.5, 0.6) is 17.2 Å². The number of aryl methyl sites for hydroxylation is 1. The first-order chi connectivity index (χ1) is 18.4. The van der Waals surface area contributed by atoms with E-state index in [0.717, 1.165) is 0 Å². The second kappa shape index (κ2) is 9.55. The summed E-state index contributed by atoms with van der Waals surface area (Å²) >= 11 is 0. The maximum Gasteiger partial charge on any atom is 0.415 e. The van der Waals surface area contributed by atoms with E-state index in [1.165, 1.54) is 13.2 Å². The molecule has 1 aromatic carbocycles. The van der Waals surface area contributed by atoms with Crippen molar-refractivity contribution in [3.8, 4) is 17.2 Å². The molecule has 0 aliphatic carbocycles. The minimum absolute atomic E-state index is 0.0485. The number of hydrogen-bond donors (Lipinski definition) is 0. The summed E-state index contributed by atoms with van der Waals surface area (Å²) < 4.78 is 23.9. The lowest BCUT2D eigenvalue weighted by Gasteiger charge is -2.37. The number of hydrogen-bond acceptors (Lipinski definition) is 8. The summed E-state index contributed by atoms with van der Waals surface area (Å²) in [5.74, 6) is 1.77. The topological polar surface area (TPSA) is 112 Å². The fraction of sp³-hybridized carbons (Fsp3) is 0.407. The monoisotopic (exact) mass is 520 g/mol. The van der Waals surface area contributed by atoms with Crippen LogP contribution < -0.4 is 24.7 Å². The first-order valence-corrected chi connectivity index (χ1v) is 12.7. The van der Waals surface area contributed by atoms with Gasteiger partial charge in [0.2, 0.25) is 5.91 Å². The maximum absolute atomic E-state index is 13.1. The van der Waals surface area contributed by atoms with Gasteiger partial charge in [-0.3, -0.25) is 19.5 Å². The lowest BCUT2D eigenvalue weighted by Crippen LogP contribution is -2.49. The van der Waals surface area contributed by atoms with E-state index in [-0.39, 0.29) is 24.4 Å². The predicted octanol–water partition coefficient (Wildman–Crippen LogP) is 2.58. The second-order valence-electron chi connectivity index (χ2n) is 9.70. The van der Waals surface area contributed by atoms with Crippen LogP contribution in [0, 0.1) is 0 Å². The summed E-state index contributed by atoms with van der Waals surface area (Å²) in [6, 6.07) is 10.3. The Bertz CT molecular complexity index is 1460. The third kappa shape index (κ3) is 4.37. The Balaban J connectivity index is 1.09. The molecular formula is C27H28N4O7. The number of likely N-dealkylation sites (tertiary alicyclic amines) is 1. The fourth-order valence-corrected chi connectivity index (χ4v) is 5.30. The summed E-state index contributed by atoms with van der Waals surface area (Å²) in [5, 5.41) is 0. The fourth-order valence-electron chi connectivity index (χ4n) is 5.30. The Labute approximate surface area is 218 Å². The first-order valence-electron chi connectivity index (χ1n) is 12.7. The molecule has 5 heterocycles. The Morgan fingerprint density at radius 3 is 2.63 bits per heavy atom. The molecule has 3 aromatic rings. The molecular weight excluding hydrogens is 492 g/mol. The van der Waals surface area contributed by atoms with Crippen molar-refractivity contribution in [3.63, 3.8) is 0 Å². The molecule has 38 heavy (non-hydrogen) atoms. The molecule has 0 radical (unpaired) electrons. The number of fused-ring (bicyclic) bond motifs is 2. The van der Waals surface area contributed by atoms with Crippen molar-refractivity contribution in [3.05, 3.63) is 52.9 Å². The van der Waals surface area contributed by atoms with E-state index < -0.39 is 11.7 Å². The molecule has 0 saturated carbocycles. The molecule has 2 aromatic heterocycles. The summed E-state index contributed by atoms with van der Waals surface area (Å²) in [7, 11) is 1.54. The van der Waals surface area contributed by atoms with Crippen LogP contribution in [-0.4, -0.2) is 72.0 Å². The molecule has 3 aliphatic rings. The number of nitrogens with zero attached hydrogens (tertiary/aromatic N) is 4. The third-order valence-corrected chi connectivity index (χ3v) is 7.43. The molecule has 2 amide bonds. The lowest BCUT2D eigenvalue weighted by atomic mass is 9.91. The van der Waals surface area contributed by atoms with Gasteiger partial charge in [-0.05, 0) is 18.2 Å². The number of benzene rings is 1. The van der Waals surface area contributed by atoms with E-state index in [9.17, 15) is 14.4 Å². The number of carbonyl (C=O) groups excluding carboxylic acids is 2. The normalized spacial score (nSPS) is 18.1. The molecule has 11 heteroatoms. The van der Waals surface area contributed by atoms with Gasteiger partial charge < -0.3 is 28.4 Å². The zero-order valence-electron chi connectivity index (χ0n) is 21.1. The van der Waals surface area contributed by atoms with Gasteiger partial charge in [0.25, 0.3) is 5.56 Å². The second-order valence-corrected chi connectivity index (χ2v) is 9.70. The summed E-state index contributed by atoms with van der Waals surface area (Å²) in [6.45, 7) is 2.56. The molecule has 0 N–H and O–H groups in total. The number of pyridine rings is 2. The van der Waals surface area contributed by atoms with Crippen molar-refractivity contribution in [2.75, 3.05) is 44.9 Å². The zero-order chi connectivity index (χ0) is 26.3. The number of aromatic nitrogens is 2. The maximum atomic E-state index is 13.1. The van der Waals surface area contributed by atoms with E-state index in [1.54, 1.807) is 44.8 Å². The standard InChI is InChI=1S/C27H28N4O7/c1-35-19-15-21-20(28-16-19)3-5-25(33)30(21)9-6-24(32)29-10-7-27(8-11-29)17-31(26(34)38-27)18-2-4-22-23(14-18)37-13-12-36-22/h2-5,14-16H,6-13,17H2,1H3. The molecule has 11 nitrogen and oxygen atoms in total. The highest BCUT2D eigenvalue weighted by Gasteiger charge is 2.48. The van der Waals surface area contributed by atoms with Crippen LogP contribution in [0.4, 0.5) is 10.5 Å². The van der Waals surface area contributed by atoms with Gasteiger partial charge in [-0.2, -0.15) is 0 Å². The van der Waals surface area contributed by atoms with E-state index in [1.807, 2.05) is 6.07 Å². The van der Waals surface area contributed by atoms with Gasteiger partial charge in [-0.1, -0.05) is 0 Å². The molecule has 198 valence electrons. The van der Waals surface area contributed by atoms with Crippen LogP contribution in [0.3, 0.4) is 0 Å². The smallest absolute Gasteiger partial charge is 0.415 e. The average molecular weight is 521 g/mol. The van der Waals surface area contributed by atoms with Crippen LogP contribution >= 0.6 is 0 Å². The van der Waals surface area contributed by atoms with E-state index in [2.05, 4.69) is 4.98 Å². The van der Waals surface area contributed by atoms with E-state index in [4.69, 9.17) is 18.9 Å². The van der Waals surface area contributed by atoms with Crippen molar-refractivity contribution < 1.29 is 28.5 Å². The average Bonchev–Trinajstić information content (AvgIpc) is 3.27. The van der Waals surface area contributed by atoms with Gasteiger partial charge in [0, 0.05) is 57.1 Å². The van der Waals surface area contributed by atoms with Gasteiger partial charge in [0.05, 0.1) is 36.6 Å². The van der Waals surface area contributed by atoms with Gasteiger partial charge in [-0.15, -0.1) is 0 Å². The molecule has 0 atom stereocenters. The number of anilines is 1. The van der Waals surface area contributed by atoms with Crippen LogP contribution in [0.15, 0.2) is 47.4 Å². The summed E-state index contributed by atoms with van der Waals surface area (Å²) in [5.41, 5.74) is 1.13. The lowest BCUT2D eigenvalue weighted by molar-refractivity contribution is -0.134. The van der Waals surface area contributed by atoms with Crippen molar-refractivity contribution in [2.24, 2.45) is 0 Å². The molecule has 0 unspecified atom stereocenters. The first kappa shape index (κ1) is 24.1. The van der Waals surface area contributed by atoms with Crippen molar-refractivity contribution in [1.29, 1.82) is 0 Å². The van der Waals surface area contributed by atoms with Gasteiger partial charge in [0.1, 0.15) is 24.6 Å². The molecule has 0 bridgehead atoms. The minimum Gasteiger partial charge on any atom is -0.495 e. The highest BCUT2D eigenvalue weighted by molar-refractivity contribution is 5.91. The van der Waals surface area contributed by atoms with Crippen LogP contribution in [0.2, 0.25) is 0 Å². The van der Waals surface area contributed by atoms with Crippen molar-refractivity contribution in [1.82, 2.24) is 14.5 Å². The highest BCUT2D eigenvalue weighted by atomic mass is 16.6. The van der Waals surface area contributed by atoms with Crippen LogP contribution in [0.1, 0.15) is 19.3 Å². The van der Waals surface area contributed by atoms with Crippen molar-refractivity contribution >= 4 is 28.7 Å². The van der Waals surface area contributed by atoms with Gasteiger partial charge in [0.15, 0.2) is 11.5 Å². The predicted molar refractivity (Wildman–Crippen MR) is 137 cm³/mol. The Morgan fingerprint density at radius 1 is 1.05 bits per heavy atom. The molecule has 6 rings (SSSR count). The van der Waals surface area contributed by atoms with Gasteiger partial charge in [-0.25, -0.2) is 4.79 Å². The van der Waals surface area contributed by atoms with E-state index in [0.29, 0.717) is 79.7 Å². The molecule has 3 aliphatic heterocycles. The number of ether oxygens (including phenoxy) is 4. The van der Waals surface area contributed by atoms with Gasteiger partial charge >= 0.3 is 6.09 Å². The SMILES string of the molecule is COc1cnc2ccc(=O)n(CCC(=O)N3CCC4(CC3)CN(c3ccc5c(c3)OCCO5)C(=O)O4)c2c1. The number of carbonyl (C=O) groups is 2.